The van der Waals surface area contributed by atoms with Gasteiger partial charge < -0.3 is 10.2 Å². The summed E-state index contributed by atoms with van der Waals surface area (Å²) in [6, 6.07) is 4.23. The molecule has 2 aromatic rings. The molecule has 1 N–H and O–H groups in total. The lowest BCUT2D eigenvalue weighted by Crippen LogP contribution is -2.28. The van der Waals surface area contributed by atoms with Crippen molar-refractivity contribution < 1.29 is 13.2 Å². The number of rotatable bonds is 4. The number of nitrogens with zero attached hydrogens (tertiary/aromatic N) is 4. The molecule has 0 bridgehead atoms. The number of pyridine rings is 1. The maximum atomic E-state index is 12.8. The van der Waals surface area contributed by atoms with E-state index in [2.05, 4.69) is 39.0 Å². The van der Waals surface area contributed by atoms with E-state index in [0.29, 0.717) is 12.0 Å². The van der Waals surface area contributed by atoms with E-state index in [0.717, 1.165) is 43.5 Å². The van der Waals surface area contributed by atoms with Crippen LogP contribution in [0.4, 0.5) is 24.9 Å². The van der Waals surface area contributed by atoms with Crippen molar-refractivity contribution in [1.29, 1.82) is 0 Å². The second kappa shape index (κ2) is 6.95. The van der Waals surface area contributed by atoms with Crippen molar-refractivity contribution in [1.82, 2.24) is 19.9 Å². The van der Waals surface area contributed by atoms with E-state index in [-0.39, 0.29) is 11.8 Å². The fourth-order valence-corrected chi connectivity index (χ4v) is 2.95. The summed E-state index contributed by atoms with van der Waals surface area (Å²) in [7, 11) is 0. The van der Waals surface area contributed by atoms with Gasteiger partial charge in [-0.25, -0.2) is 15.0 Å². The molecule has 25 heavy (non-hydrogen) atoms. The second-order valence-corrected chi connectivity index (χ2v) is 6.43. The molecule has 0 saturated carbocycles. The van der Waals surface area contributed by atoms with Crippen LogP contribution in [0.2, 0.25) is 0 Å². The molecule has 1 atom stereocenters. The van der Waals surface area contributed by atoms with Gasteiger partial charge in [0.05, 0.1) is 11.3 Å². The van der Waals surface area contributed by atoms with Gasteiger partial charge in [-0.3, -0.25) is 0 Å². The van der Waals surface area contributed by atoms with E-state index in [1.807, 2.05) is 6.07 Å². The van der Waals surface area contributed by atoms with Crippen molar-refractivity contribution in [3.8, 4) is 0 Å². The summed E-state index contributed by atoms with van der Waals surface area (Å²) >= 11 is 0. The van der Waals surface area contributed by atoms with Crippen LogP contribution >= 0.6 is 0 Å². The number of nitrogens with one attached hydrogen (secondary N) is 1. The molecular weight excluding hydrogens is 331 g/mol. The summed E-state index contributed by atoms with van der Waals surface area (Å²) in [6.45, 7) is 6.27. The summed E-state index contributed by atoms with van der Waals surface area (Å²) in [5, 5.41) is 2.77. The van der Waals surface area contributed by atoms with Crippen LogP contribution in [-0.2, 0) is 6.18 Å². The van der Waals surface area contributed by atoms with Crippen LogP contribution in [0, 0.1) is 0 Å². The maximum Gasteiger partial charge on any atom is 0.416 e. The Hall–Kier alpha value is -2.22. The topological polar surface area (TPSA) is 53.9 Å². The first-order valence-electron chi connectivity index (χ1n) is 8.20. The average molecular weight is 351 g/mol. The fourth-order valence-electron chi connectivity index (χ4n) is 2.95. The molecule has 0 amide bonds. The highest BCUT2D eigenvalue weighted by Gasteiger charge is 2.31. The molecule has 134 valence electrons. The minimum Gasteiger partial charge on any atom is -0.309 e. The summed E-state index contributed by atoms with van der Waals surface area (Å²) < 4.78 is 38.4. The van der Waals surface area contributed by atoms with Gasteiger partial charge in [0.15, 0.2) is 0 Å². The van der Waals surface area contributed by atoms with Crippen LogP contribution in [0.3, 0.4) is 0 Å². The Morgan fingerprint density at radius 3 is 2.64 bits per heavy atom. The van der Waals surface area contributed by atoms with E-state index >= 15 is 0 Å². The van der Waals surface area contributed by atoms with E-state index in [4.69, 9.17) is 0 Å². The van der Waals surface area contributed by atoms with Gasteiger partial charge in [0.2, 0.25) is 5.95 Å². The van der Waals surface area contributed by atoms with Gasteiger partial charge in [0.1, 0.15) is 5.82 Å². The first-order valence-corrected chi connectivity index (χ1v) is 8.20. The van der Waals surface area contributed by atoms with Gasteiger partial charge in [-0.15, -0.1) is 0 Å². The van der Waals surface area contributed by atoms with Crippen LogP contribution in [0.1, 0.15) is 37.4 Å². The van der Waals surface area contributed by atoms with Gasteiger partial charge in [0.25, 0.3) is 0 Å². The molecule has 3 rings (SSSR count). The molecule has 0 radical (unpaired) electrons. The predicted molar refractivity (Wildman–Crippen MR) is 88.6 cm³/mol. The lowest BCUT2D eigenvalue weighted by Gasteiger charge is -2.20. The zero-order chi connectivity index (χ0) is 18.0. The Morgan fingerprint density at radius 2 is 1.96 bits per heavy atom. The Balaban J connectivity index is 1.75. The minimum atomic E-state index is -4.41. The predicted octanol–water partition coefficient (Wildman–Crippen LogP) is 3.83. The number of likely N-dealkylation sites (tertiary alicyclic amines) is 1. The Bertz CT molecular complexity index is 732. The van der Waals surface area contributed by atoms with E-state index < -0.39 is 11.7 Å². The summed E-state index contributed by atoms with van der Waals surface area (Å²) in [6.07, 6.45) is -0.661. The summed E-state index contributed by atoms with van der Waals surface area (Å²) in [4.78, 5) is 14.9. The summed E-state index contributed by atoms with van der Waals surface area (Å²) in [5.41, 5.74) is 0.136. The summed E-state index contributed by atoms with van der Waals surface area (Å²) in [5.74, 6) is 0.634. The van der Waals surface area contributed by atoms with Crippen LogP contribution in [0.15, 0.2) is 30.6 Å². The van der Waals surface area contributed by atoms with Crippen molar-refractivity contribution in [3.05, 3.63) is 41.9 Å². The Morgan fingerprint density at radius 1 is 1.20 bits per heavy atom. The standard InChI is InChI=1S/C17H20F3N5/c1-11(2)25-8-5-12(10-25)14-4-7-22-16(23-14)24-15-9-13(3-6-21-15)17(18,19)20/h3-4,6-7,9,11-12H,5,8,10H2,1-2H3,(H,21,22,23,24)/t12-/m0/s1. The highest BCUT2D eigenvalue weighted by molar-refractivity contribution is 5.49. The smallest absolute Gasteiger partial charge is 0.309 e. The molecule has 2 aromatic heterocycles. The van der Waals surface area contributed by atoms with Crippen molar-refractivity contribution in [3.63, 3.8) is 0 Å². The number of hydrogen-bond acceptors (Lipinski definition) is 5. The molecule has 1 fully saturated rings. The number of alkyl halides is 3. The van der Waals surface area contributed by atoms with Crippen LogP contribution < -0.4 is 5.32 Å². The largest absolute Gasteiger partial charge is 0.416 e. The van der Waals surface area contributed by atoms with Crippen LogP contribution in [0.5, 0.6) is 0 Å². The average Bonchev–Trinajstić information content (AvgIpc) is 3.05. The molecule has 1 aliphatic rings. The van der Waals surface area contributed by atoms with E-state index in [1.165, 1.54) is 0 Å². The third kappa shape index (κ3) is 4.25. The van der Waals surface area contributed by atoms with Crippen molar-refractivity contribution in [2.45, 2.75) is 38.4 Å². The third-order valence-electron chi connectivity index (χ3n) is 4.37. The lowest BCUT2D eigenvalue weighted by molar-refractivity contribution is -0.137. The minimum absolute atomic E-state index is 0.0715. The SMILES string of the molecule is CC(C)N1CC[C@H](c2ccnc(Nc3cc(C(F)(F)F)ccn3)n2)C1. The molecule has 1 saturated heterocycles. The molecule has 8 heteroatoms. The maximum absolute atomic E-state index is 12.8. The molecule has 0 spiro atoms. The highest BCUT2D eigenvalue weighted by atomic mass is 19.4. The molecule has 1 aliphatic heterocycles. The molecule has 0 aromatic carbocycles. The molecular formula is C17H20F3N5. The zero-order valence-electron chi connectivity index (χ0n) is 14.1. The second-order valence-electron chi connectivity index (χ2n) is 6.43. The van der Waals surface area contributed by atoms with Crippen molar-refractivity contribution in [2.75, 3.05) is 18.4 Å². The quantitative estimate of drug-likeness (QED) is 0.907. The Labute approximate surface area is 144 Å². The monoisotopic (exact) mass is 351 g/mol. The number of halogens is 3. The van der Waals surface area contributed by atoms with E-state index in [9.17, 15) is 13.2 Å². The van der Waals surface area contributed by atoms with Gasteiger partial charge in [-0.05, 0) is 45.0 Å². The van der Waals surface area contributed by atoms with Crippen molar-refractivity contribution >= 4 is 11.8 Å². The van der Waals surface area contributed by atoms with Crippen LogP contribution in [0.25, 0.3) is 0 Å². The fraction of sp³-hybridized carbons (Fsp3) is 0.471. The third-order valence-corrected chi connectivity index (χ3v) is 4.37. The first kappa shape index (κ1) is 17.6. The number of anilines is 2. The molecule has 0 unspecified atom stereocenters. The van der Waals surface area contributed by atoms with E-state index in [1.54, 1.807) is 6.20 Å². The lowest BCUT2D eigenvalue weighted by atomic mass is 10.1. The van der Waals surface area contributed by atoms with Gasteiger partial charge in [0, 0.05) is 30.9 Å². The highest BCUT2D eigenvalue weighted by Crippen LogP contribution is 2.31. The van der Waals surface area contributed by atoms with Gasteiger partial charge >= 0.3 is 6.18 Å². The number of hydrogen-bond donors (Lipinski definition) is 1. The Kier molecular flexibility index (Phi) is 4.89. The van der Waals surface area contributed by atoms with Gasteiger partial charge in [-0.1, -0.05) is 0 Å². The van der Waals surface area contributed by atoms with Crippen LogP contribution in [-0.4, -0.2) is 39.0 Å². The normalized spacial score (nSPS) is 18.7. The molecule has 5 nitrogen and oxygen atoms in total. The number of aromatic nitrogens is 3. The molecule has 3 heterocycles. The first-order chi connectivity index (χ1) is 11.8. The van der Waals surface area contributed by atoms with Crippen molar-refractivity contribution in [2.24, 2.45) is 0 Å². The van der Waals surface area contributed by atoms with Gasteiger partial charge in [-0.2, -0.15) is 13.2 Å². The zero-order valence-corrected chi connectivity index (χ0v) is 14.1. The molecule has 0 aliphatic carbocycles.